The molecule has 8 heteroatoms. The lowest BCUT2D eigenvalue weighted by Crippen LogP contribution is -2.08. The van der Waals surface area contributed by atoms with E-state index in [0.717, 1.165) is 53.8 Å². The van der Waals surface area contributed by atoms with Crippen LogP contribution in [0.1, 0.15) is 225 Å². The molecule has 0 aromatic heterocycles. The molecule has 0 bridgehead atoms. The van der Waals surface area contributed by atoms with E-state index in [-0.39, 0.29) is 16.4 Å². The molecule has 1 N–H and O–H groups in total. The number of fused-ring (bicyclic) bond motifs is 2. The largest absolute Gasteiger partial charge is 0.297 e. The molecule has 0 radical (unpaired) electrons. The zero-order chi connectivity index (χ0) is 46.0. The zero-order valence-electron chi connectivity index (χ0n) is 40.4. The summed E-state index contributed by atoms with van der Waals surface area (Å²) in [7, 11) is -7.94. The molecule has 4 rings (SSSR count). The molecule has 0 aliphatic heterocycles. The topological polar surface area (TPSA) is 97.7 Å². The Kier molecular flexibility index (Phi) is 30.0. The van der Waals surface area contributed by atoms with Crippen molar-refractivity contribution in [3.8, 4) is 0 Å². The van der Waals surface area contributed by atoms with Crippen molar-refractivity contribution in [1.82, 2.24) is 0 Å². The summed E-state index contributed by atoms with van der Waals surface area (Å²) in [6.45, 7) is 4.81. The molecule has 0 amide bonds. The summed E-state index contributed by atoms with van der Waals surface area (Å²) in [5, 5.41) is 3.10. The van der Waals surface area contributed by atoms with Gasteiger partial charge in [-0.25, -0.2) is 0 Å². The summed E-state index contributed by atoms with van der Waals surface area (Å²) in [5.74, 6) is 0. The average molecular weight is 921 g/mol. The summed E-state index contributed by atoms with van der Waals surface area (Å²) < 4.78 is 64.2. The van der Waals surface area contributed by atoms with E-state index >= 15 is 0 Å². The summed E-state index contributed by atoms with van der Waals surface area (Å²) in [6, 6.07) is 24.0. The van der Waals surface area contributed by atoms with Crippen molar-refractivity contribution in [3.63, 3.8) is 0 Å². The van der Waals surface area contributed by atoms with Crippen LogP contribution in [0.2, 0.25) is 0 Å². The van der Waals surface area contributed by atoms with Crippen LogP contribution < -0.4 is 0 Å². The Morgan fingerprint density at radius 1 is 0.391 bits per heavy atom. The minimum atomic E-state index is -4.23. The monoisotopic (exact) mass is 921 g/mol. The molecule has 0 unspecified atom stereocenters. The lowest BCUT2D eigenvalue weighted by Gasteiger charge is -2.11. The molecule has 0 saturated heterocycles. The third-order valence-electron chi connectivity index (χ3n) is 12.8. The SMILES string of the molecule is CCCCCCCCCCCCCCCCCCOS(=O)(=O)c1cccc2ccccc12.CCCCCCCCCCCCCCCCCCc1ccc2ccccc2c1S(=O)(=O)O. The van der Waals surface area contributed by atoms with Crippen LogP contribution in [0.4, 0.5) is 0 Å². The van der Waals surface area contributed by atoms with Crippen LogP contribution in [-0.4, -0.2) is 28.0 Å². The van der Waals surface area contributed by atoms with Crippen molar-refractivity contribution < 1.29 is 25.6 Å². The van der Waals surface area contributed by atoms with Gasteiger partial charge in [-0.1, -0.05) is 279 Å². The summed E-state index contributed by atoms with van der Waals surface area (Å²) in [6.07, 6.45) is 42.7. The number of aryl methyl sites for hydroxylation is 1. The van der Waals surface area contributed by atoms with E-state index in [1.807, 2.05) is 60.7 Å². The van der Waals surface area contributed by atoms with Crippen LogP contribution in [0, 0.1) is 0 Å². The number of hydrogen-bond donors (Lipinski definition) is 1. The van der Waals surface area contributed by atoms with Gasteiger partial charge in [0.1, 0.15) is 9.79 Å². The predicted molar refractivity (Wildman–Crippen MR) is 274 cm³/mol. The molecule has 0 aliphatic carbocycles. The highest BCUT2D eigenvalue weighted by Gasteiger charge is 2.19. The Hall–Kier alpha value is -2.78. The maximum absolute atomic E-state index is 12.6. The fourth-order valence-corrected chi connectivity index (χ4v) is 11.1. The van der Waals surface area contributed by atoms with Crippen LogP contribution in [0.15, 0.2) is 88.7 Å². The molecule has 0 heterocycles. The quantitative estimate of drug-likeness (QED) is 0.0275. The van der Waals surface area contributed by atoms with Crippen LogP contribution in [0.5, 0.6) is 0 Å². The molecule has 64 heavy (non-hydrogen) atoms. The first kappa shape index (κ1) is 55.5. The maximum Gasteiger partial charge on any atom is 0.297 e. The highest BCUT2D eigenvalue weighted by Crippen LogP contribution is 2.29. The Morgan fingerprint density at radius 3 is 1.19 bits per heavy atom. The molecule has 360 valence electrons. The molecular formula is C56H88O6S2. The fourth-order valence-electron chi connectivity index (χ4n) is 8.95. The Morgan fingerprint density at radius 2 is 0.750 bits per heavy atom. The van der Waals surface area contributed by atoms with Gasteiger partial charge in [0.25, 0.3) is 20.2 Å². The number of rotatable bonds is 37. The predicted octanol–water partition coefficient (Wildman–Crippen LogP) is 17.7. The molecule has 0 atom stereocenters. The minimum Gasteiger partial charge on any atom is -0.282 e. The fraction of sp³-hybridized carbons (Fsp3) is 0.643. The van der Waals surface area contributed by atoms with E-state index < -0.39 is 20.2 Å². The lowest BCUT2D eigenvalue weighted by atomic mass is 10.0. The highest BCUT2D eigenvalue weighted by atomic mass is 32.2. The Balaban J connectivity index is 0.000000340. The average Bonchev–Trinajstić information content (AvgIpc) is 3.29. The van der Waals surface area contributed by atoms with Crippen LogP contribution >= 0.6 is 0 Å². The third-order valence-corrected chi connectivity index (χ3v) is 15.1. The van der Waals surface area contributed by atoms with Crippen LogP contribution in [0.25, 0.3) is 21.5 Å². The van der Waals surface area contributed by atoms with Crippen molar-refractivity contribution >= 4 is 41.8 Å². The Bertz CT molecular complexity index is 2000. The molecule has 0 aliphatic rings. The van der Waals surface area contributed by atoms with E-state index in [2.05, 4.69) is 13.8 Å². The van der Waals surface area contributed by atoms with Gasteiger partial charge in [0.05, 0.1) is 6.61 Å². The van der Waals surface area contributed by atoms with Gasteiger partial charge in [-0.05, 0) is 41.7 Å². The molecule has 6 nitrogen and oxygen atoms in total. The minimum absolute atomic E-state index is 0.0940. The van der Waals surface area contributed by atoms with E-state index in [0.29, 0.717) is 11.8 Å². The molecular weight excluding hydrogens is 833 g/mol. The van der Waals surface area contributed by atoms with Gasteiger partial charge in [0.15, 0.2) is 0 Å². The number of benzene rings is 4. The summed E-state index contributed by atoms with van der Waals surface area (Å²) in [5.41, 5.74) is 0.733. The molecule has 0 spiro atoms. The third kappa shape index (κ3) is 23.6. The Labute approximate surface area is 392 Å². The van der Waals surface area contributed by atoms with Gasteiger partial charge >= 0.3 is 0 Å². The van der Waals surface area contributed by atoms with E-state index in [9.17, 15) is 21.4 Å². The van der Waals surface area contributed by atoms with Crippen molar-refractivity contribution in [2.45, 2.75) is 236 Å². The molecule has 0 fully saturated rings. The van der Waals surface area contributed by atoms with Gasteiger partial charge in [0.2, 0.25) is 0 Å². The summed E-state index contributed by atoms with van der Waals surface area (Å²) in [4.78, 5) is 0.364. The van der Waals surface area contributed by atoms with Gasteiger partial charge in [-0.3, -0.25) is 8.74 Å². The highest BCUT2D eigenvalue weighted by molar-refractivity contribution is 7.87. The first-order valence-electron chi connectivity index (χ1n) is 26.0. The smallest absolute Gasteiger partial charge is 0.282 e. The van der Waals surface area contributed by atoms with Crippen molar-refractivity contribution in [2.24, 2.45) is 0 Å². The van der Waals surface area contributed by atoms with E-state index in [4.69, 9.17) is 4.18 Å². The number of unbranched alkanes of at least 4 members (excludes halogenated alkanes) is 30. The first-order chi connectivity index (χ1) is 31.2. The molecule has 4 aromatic rings. The van der Waals surface area contributed by atoms with Crippen molar-refractivity contribution in [3.05, 3.63) is 84.4 Å². The molecule has 0 saturated carbocycles. The summed E-state index contributed by atoms with van der Waals surface area (Å²) >= 11 is 0. The second-order valence-electron chi connectivity index (χ2n) is 18.4. The van der Waals surface area contributed by atoms with Crippen molar-refractivity contribution in [1.29, 1.82) is 0 Å². The first-order valence-corrected chi connectivity index (χ1v) is 28.9. The van der Waals surface area contributed by atoms with Gasteiger partial charge < -0.3 is 0 Å². The maximum atomic E-state index is 12.6. The van der Waals surface area contributed by atoms with Crippen LogP contribution in [0.3, 0.4) is 0 Å². The van der Waals surface area contributed by atoms with Crippen molar-refractivity contribution in [2.75, 3.05) is 6.61 Å². The lowest BCUT2D eigenvalue weighted by molar-refractivity contribution is 0.306. The van der Waals surface area contributed by atoms with Gasteiger partial charge in [-0.2, -0.15) is 16.8 Å². The standard InChI is InChI=1S/2C28H44O3S/c1-2-3-4-5-6-7-8-9-10-11-12-13-14-15-16-19-25-31-32(29,30)28-24-20-22-26-21-17-18-23-27(26)28;1-2-3-4-5-6-7-8-9-10-11-12-13-14-15-16-17-21-26-24-23-25-20-18-19-22-27(25)28(26)32(29,30)31/h17-18,20-24H,2-16,19,25H2,1H3;18-20,22-24H,2-17,21H2,1H3,(H,29,30,31). The zero-order valence-corrected chi connectivity index (χ0v) is 42.0. The van der Waals surface area contributed by atoms with E-state index in [1.54, 1.807) is 18.2 Å². The second kappa shape index (κ2) is 34.5. The molecule has 4 aromatic carbocycles. The van der Waals surface area contributed by atoms with Gasteiger partial charge in [-0.15, -0.1) is 0 Å². The van der Waals surface area contributed by atoms with Crippen LogP contribution in [-0.2, 0) is 30.8 Å². The van der Waals surface area contributed by atoms with E-state index in [1.165, 1.54) is 173 Å². The second-order valence-corrected chi connectivity index (χ2v) is 21.3. The number of hydrogen-bond acceptors (Lipinski definition) is 5. The normalized spacial score (nSPS) is 11.9. The van der Waals surface area contributed by atoms with Gasteiger partial charge in [0, 0.05) is 10.8 Å².